The van der Waals surface area contributed by atoms with Gasteiger partial charge in [-0.25, -0.2) is 8.78 Å². The van der Waals surface area contributed by atoms with Crippen LogP contribution in [0.15, 0.2) is 30.3 Å². The molecule has 2 N–H and O–H groups in total. The van der Waals surface area contributed by atoms with Gasteiger partial charge in [0.2, 0.25) is 11.8 Å². The number of likely N-dealkylation sites (N-methyl/N-ethyl adjacent to an activating group) is 1. The number of benzene rings is 2. The predicted molar refractivity (Wildman–Crippen MR) is 108 cm³/mol. The molecule has 0 unspecified atom stereocenters. The van der Waals surface area contributed by atoms with Crippen molar-refractivity contribution >= 4 is 34.8 Å². The minimum Gasteiger partial charge on any atom is -0.495 e. The van der Waals surface area contributed by atoms with Crippen LogP contribution in [0.25, 0.3) is 0 Å². The standard InChI is InChI=1S/C20H22ClF2N3O3/c1-4-26(11-19(28)25-20-14(22)6-5-7-15(20)23)10-18(27)24-16-8-12(2)13(21)9-17(16)29-3/h5-9H,4,10-11H2,1-3H3,(H,24,27)(H,25,28). The summed E-state index contributed by atoms with van der Waals surface area (Å²) in [6.07, 6.45) is 0. The molecule has 29 heavy (non-hydrogen) atoms. The average molecular weight is 426 g/mol. The normalized spacial score (nSPS) is 10.7. The SMILES string of the molecule is CCN(CC(=O)Nc1cc(C)c(Cl)cc1OC)CC(=O)Nc1c(F)cccc1F. The summed E-state index contributed by atoms with van der Waals surface area (Å²) in [5.41, 5.74) is 0.703. The molecule has 0 aromatic heterocycles. The van der Waals surface area contributed by atoms with Crippen molar-refractivity contribution in [3.05, 3.63) is 52.6 Å². The summed E-state index contributed by atoms with van der Waals surface area (Å²) in [6, 6.07) is 6.58. The van der Waals surface area contributed by atoms with E-state index in [1.807, 2.05) is 0 Å². The number of hydrogen-bond acceptors (Lipinski definition) is 4. The molecule has 2 aromatic carbocycles. The Hall–Kier alpha value is -2.71. The van der Waals surface area contributed by atoms with Gasteiger partial charge in [-0.15, -0.1) is 0 Å². The van der Waals surface area contributed by atoms with Crippen LogP contribution in [0.1, 0.15) is 12.5 Å². The molecule has 0 fully saturated rings. The van der Waals surface area contributed by atoms with Crippen molar-refractivity contribution in [2.75, 3.05) is 37.4 Å². The second-order valence-corrected chi connectivity index (χ2v) is 6.71. The van der Waals surface area contributed by atoms with E-state index in [1.165, 1.54) is 18.1 Å². The smallest absolute Gasteiger partial charge is 0.238 e. The quantitative estimate of drug-likeness (QED) is 0.674. The van der Waals surface area contributed by atoms with Crippen molar-refractivity contribution in [1.29, 1.82) is 0 Å². The first kappa shape index (κ1) is 22.6. The molecule has 2 rings (SSSR count). The molecule has 0 saturated carbocycles. The number of ether oxygens (including phenoxy) is 1. The van der Waals surface area contributed by atoms with Crippen molar-refractivity contribution in [2.24, 2.45) is 0 Å². The largest absolute Gasteiger partial charge is 0.495 e. The summed E-state index contributed by atoms with van der Waals surface area (Å²) in [4.78, 5) is 26.1. The summed E-state index contributed by atoms with van der Waals surface area (Å²) in [7, 11) is 1.46. The van der Waals surface area contributed by atoms with E-state index in [9.17, 15) is 18.4 Å². The highest BCUT2D eigenvalue weighted by atomic mass is 35.5. The Labute approximate surface area is 172 Å². The molecule has 0 aliphatic carbocycles. The van der Waals surface area contributed by atoms with Crippen molar-refractivity contribution in [2.45, 2.75) is 13.8 Å². The van der Waals surface area contributed by atoms with Gasteiger partial charge in [0, 0.05) is 11.1 Å². The number of hydrogen-bond donors (Lipinski definition) is 2. The minimum atomic E-state index is -0.871. The van der Waals surface area contributed by atoms with Crippen molar-refractivity contribution in [3.8, 4) is 5.75 Å². The van der Waals surface area contributed by atoms with Gasteiger partial charge in [0.15, 0.2) is 0 Å². The maximum Gasteiger partial charge on any atom is 0.238 e. The molecular weight excluding hydrogens is 404 g/mol. The Morgan fingerprint density at radius 3 is 2.24 bits per heavy atom. The molecule has 0 atom stereocenters. The Bertz CT molecular complexity index is 889. The van der Waals surface area contributed by atoms with E-state index in [2.05, 4.69) is 10.6 Å². The van der Waals surface area contributed by atoms with E-state index in [4.69, 9.17) is 16.3 Å². The fourth-order valence-electron chi connectivity index (χ4n) is 2.60. The highest BCUT2D eigenvalue weighted by molar-refractivity contribution is 6.31. The Morgan fingerprint density at radius 1 is 1.10 bits per heavy atom. The zero-order chi connectivity index (χ0) is 21.6. The van der Waals surface area contributed by atoms with E-state index in [-0.39, 0.29) is 19.0 Å². The molecule has 0 bridgehead atoms. The van der Waals surface area contributed by atoms with Crippen molar-refractivity contribution in [1.82, 2.24) is 4.90 Å². The fourth-order valence-corrected chi connectivity index (χ4v) is 2.76. The molecule has 2 amide bonds. The van der Waals surface area contributed by atoms with E-state index >= 15 is 0 Å². The third-order valence-corrected chi connectivity index (χ3v) is 4.57. The third-order valence-electron chi connectivity index (χ3n) is 4.16. The lowest BCUT2D eigenvalue weighted by Gasteiger charge is -2.20. The lowest BCUT2D eigenvalue weighted by Crippen LogP contribution is -2.38. The zero-order valence-corrected chi connectivity index (χ0v) is 17.1. The maximum atomic E-state index is 13.7. The number of carbonyl (C=O) groups excluding carboxylic acids is 2. The van der Waals surface area contributed by atoms with Crippen LogP contribution in [0.3, 0.4) is 0 Å². The Kier molecular flexibility index (Phi) is 7.92. The van der Waals surface area contributed by atoms with Crippen LogP contribution in [-0.2, 0) is 9.59 Å². The highest BCUT2D eigenvalue weighted by Crippen LogP contribution is 2.30. The number of aryl methyl sites for hydroxylation is 1. The lowest BCUT2D eigenvalue weighted by molar-refractivity contribution is -0.120. The van der Waals surface area contributed by atoms with Crippen LogP contribution in [0.2, 0.25) is 5.02 Å². The molecule has 0 heterocycles. The highest BCUT2D eigenvalue weighted by Gasteiger charge is 2.17. The zero-order valence-electron chi connectivity index (χ0n) is 16.3. The first-order chi connectivity index (χ1) is 13.7. The lowest BCUT2D eigenvalue weighted by atomic mass is 10.2. The monoisotopic (exact) mass is 425 g/mol. The van der Waals surface area contributed by atoms with E-state index in [0.717, 1.165) is 17.7 Å². The van der Waals surface area contributed by atoms with Gasteiger partial charge >= 0.3 is 0 Å². The molecule has 156 valence electrons. The Morgan fingerprint density at radius 2 is 1.69 bits per heavy atom. The summed E-state index contributed by atoms with van der Waals surface area (Å²) >= 11 is 6.06. The number of rotatable bonds is 8. The number of nitrogens with zero attached hydrogens (tertiary/aromatic N) is 1. The first-order valence-electron chi connectivity index (χ1n) is 8.85. The van der Waals surface area contributed by atoms with E-state index in [1.54, 1.807) is 26.0 Å². The average Bonchev–Trinajstić information content (AvgIpc) is 2.67. The van der Waals surface area contributed by atoms with Gasteiger partial charge in [-0.1, -0.05) is 24.6 Å². The number of amides is 2. The van der Waals surface area contributed by atoms with Crippen LogP contribution < -0.4 is 15.4 Å². The molecule has 0 aliphatic rings. The van der Waals surface area contributed by atoms with Gasteiger partial charge in [-0.05, 0) is 37.2 Å². The van der Waals surface area contributed by atoms with E-state index < -0.39 is 23.2 Å². The van der Waals surface area contributed by atoms with Gasteiger partial charge in [-0.2, -0.15) is 0 Å². The summed E-state index contributed by atoms with van der Waals surface area (Å²) < 4.78 is 32.5. The van der Waals surface area contributed by atoms with Gasteiger partial charge in [0.25, 0.3) is 0 Å². The molecule has 0 saturated heterocycles. The van der Waals surface area contributed by atoms with Gasteiger partial charge in [0.1, 0.15) is 23.1 Å². The second-order valence-electron chi connectivity index (χ2n) is 6.30. The molecule has 0 radical (unpaired) electrons. The van der Waals surface area contributed by atoms with Crippen LogP contribution in [0, 0.1) is 18.6 Å². The first-order valence-corrected chi connectivity index (χ1v) is 9.23. The topological polar surface area (TPSA) is 70.7 Å². The van der Waals surface area contributed by atoms with Crippen LogP contribution >= 0.6 is 11.6 Å². The van der Waals surface area contributed by atoms with Gasteiger partial charge in [0.05, 0.1) is 25.9 Å². The number of nitrogens with one attached hydrogen (secondary N) is 2. The molecule has 2 aromatic rings. The van der Waals surface area contributed by atoms with Gasteiger partial charge in [-0.3, -0.25) is 14.5 Å². The predicted octanol–water partition coefficient (Wildman–Crippen LogP) is 3.83. The number of carbonyl (C=O) groups is 2. The van der Waals surface area contributed by atoms with Crippen molar-refractivity contribution < 1.29 is 23.1 Å². The van der Waals surface area contributed by atoms with Crippen LogP contribution in [0.4, 0.5) is 20.2 Å². The molecule has 0 aliphatic heterocycles. The van der Waals surface area contributed by atoms with E-state index in [0.29, 0.717) is 23.0 Å². The summed E-state index contributed by atoms with van der Waals surface area (Å²) in [5, 5.41) is 5.43. The Balaban J connectivity index is 2.00. The number of anilines is 2. The number of methoxy groups -OCH3 is 1. The van der Waals surface area contributed by atoms with Crippen LogP contribution in [0.5, 0.6) is 5.75 Å². The maximum absolute atomic E-state index is 13.7. The summed E-state index contributed by atoms with van der Waals surface area (Å²) in [5.74, 6) is -2.35. The number of para-hydroxylation sites is 1. The van der Waals surface area contributed by atoms with Crippen molar-refractivity contribution in [3.63, 3.8) is 0 Å². The molecule has 6 nitrogen and oxygen atoms in total. The number of halogens is 3. The minimum absolute atomic E-state index is 0.103. The molecule has 9 heteroatoms. The summed E-state index contributed by atoms with van der Waals surface area (Å²) in [6.45, 7) is 3.61. The van der Waals surface area contributed by atoms with Gasteiger partial charge < -0.3 is 15.4 Å². The fraction of sp³-hybridized carbons (Fsp3) is 0.300. The second kappa shape index (κ2) is 10.2. The van der Waals surface area contributed by atoms with Crippen LogP contribution in [-0.4, -0.2) is 43.5 Å². The molecular formula is C20H22ClF2N3O3. The molecule has 0 spiro atoms. The third kappa shape index (κ3) is 6.13.